The molecule has 0 bridgehead atoms. The smallest absolute Gasteiger partial charge is 0.187 e. The minimum absolute atomic E-state index is 0.504. The van der Waals surface area contributed by atoms with Crippen molar-refractivity contribution in [1.29, 1.82) is 0 Å². The molecule has 0 spiro atoms. The summed E-state index contributed by atoms with van der Waals surface area (Å²) in [6, 6.07) is 0. The van der Waals surface area contributed by atoms with Crippen LogP contribution < -0.4 is 0 Å². The minimum atomic E-state index is -1.96. The fraction of sp³-hybridized carbons (Fsp3) is 1.00. The summed E-state index contributed by atoms with van der Waals surface area (Å²) >= 11 is 0. The number of ether oxygens (including phenoxy) is 6. The van der Waals surface area contributed by atoms with Crippen molar-refractivity contribution in [2.45, 2.75) is 98.2 Å². The zero-order valence-electron chi connectivity index (χ0n) is 20.6. The highest BCUT2D eigenvalue weighted by Gasteiger charge is 2.53. The lowest BCUT2D eigenvalue weighted by Gasteiger charge is -2.48. The molecule has 3 aliphatic rings. The van der Waals surface area contributed by atoms with Crippen LogP contribution in [-0.2, 0) is 28.4 Å². The number of hydrogen-bond acceptors (Lipinski definition) is 18. The summed E-state index contributed by atoms with van der Waals surface area (Å²) in [6.45, 7) is -3.57. The first kappa shape index (κ1) is 32.8. The third-order valence-electron chi connectivity index (χ3n) is 6.74. The highest BCUT2D eigenvalue weighted by Crippen LogP contribution is 2.32. The van der Waals surface area contributed by atoms with E-state index in [1.165, 1.54) is 0 Å². The maximum absolute atomic E-state index is 10.9. The molecule has 18 nitrogen and oxygen atoms in total. The predicted octanol–water partition coefficient (Wildman–Crippen LogP) is -8.20. The van der Waals surface area contributed by atoms with Crippen molar-refractivity contribution in [1.82, 2.24) is 0 Å². The average Bonchev–Trinajstić information content (AvgIpc) is 2.93. The minimum Gasteiger partial charge on any atom is -0.394 e. The van der Waals surface area contributed by atoms with E-state index in [2.05, 4.69) is 0 Å². The van der Waals surface area contributed by atoms with Crippen molar-refractivity contribution in [2.75, 3.05) is 33.0 Å². The van der Waals surface area contributed by atoms with E-state index in [1.54, 1.807) is 0 Å². The van der Waals surface area contributed by atoms with Gasteiger partial charge in [0.2, 0.25) is 0 Å². The van der Waals surface area contributed by atoms with Crippen LogP contribution in [-0.4, -0.2) is 193 Å². The van der Waals surface area contributed by atoms with E-state index < -0.39 is 131 Å². The first-order chi connectivity index (χ1) is 18.5. The maximum Gasteiger partial charge on any atom is 0.187 e. The van der Waals surface area contributed by atoms with Crippen molar-refractivity contribution in [2.24, 2.45) is 0 Å². The molecule has 3 rings (SSSR count). The lowest BCUT2D eigenvalue weighted by molar-refractivity contribution is -0.381. The van der Waals surface area contributed by atoms with Crippen LogP contribution in [0.1, 0.15) is 0 Å². The molecule has 0 aromatic heterocycles. The predicted molar refractivity (Wildman–Crippen MR) is 118 cm³/mol. The van der Waals surface area contributed by atoms with Crippen LogP contribution in [0.25, 0.3) is 0 Å². The van der Waals surface area contributed by atoms with Gasteiger partial charge in [-0.25, -0.2) is 0 Å². The maximum atomic E-state index is 10.9. The summed E-state index contributed by atoms with van der Waals surface area (Å²) in [7, 11) is 0. The monoisotopic (exact) mass is 578 g/mol. The van der Waals surface area contributed by atoms with Gasteiger partial charge >= 0.3 is 0 Å². The molecule has 39 heavy (non-hydrogen) atoms. The van der Waals surface area contributed by atoms with Gasteiger partial charge < -0.3 is 89.7 Å². The van der Waals surface area contributed by atoms with Gasteiger partial charge in [-0.3, -0.25) is 0 Å². The van der Waals surface area contributed by atoms with Gasteiger partial charge in [0, 0.05) is 0 Å². The van der Waals surface area contributed by atoms with Crippen LogP contribution >= 0.6 is 0 Å². The molecule has 0 aliphatic carbocycles. The quantitative estimate of drug-likeness (QED) is 0.108. The number of hydrogen-bond donors (Lipinski definition) is 12. The summed E-state index contributed by atoms with van der Waals surface area (Å²) in [4.78, 5) is 0. The Kier molecular flexibility index (Phi) is 12.1. The van der Waals surface area contributed by atoms with E-state index in [0.717, 1.165) is 0 Å². The molecule has 0 radical (unpaired) electrons. The second kappa shape index (κ2) is 14.4. The fourth-order valence-corrected chi connectivity index (χ4v) is 4.43. The van der Waals surface area contributed by atoms with E-state index in [1.807, 2.05) is 0 Å². The molecule has 16 atom stereocenters. The van der Waals surface area contributed by atoms with Crippen LogP contribution in [0.3, 0.4) is 0 Å². The van der Waals surface area contributed by atoms with Gasteiger partial charge in [-0.15, -0.1) is 0 Å². The molecule has 0 aromatic carbocycles. The van der Waals surface area contributed by atoms with Gasteiger partial charge in [0.05, 0.1) is 33.0 Å². The summed E-state index contributed by atoms with van der Waals surface area (Å²) in [5, 5.41) is 120. The normalized spacial score (nSPS) is 48.2. The van der Waals surface area contributed by atoms with Crippen molar-refractivity contribution >= 4 is 0 Å². The molecule has 0 saturated carbocycles. The Morgan fingerprint density at radius 2 is 0.923 bits per heavy atom. The zero-order chi connectivity index (χ0) is 29.0. The first-order valence-corrected chi connectivity index (χ1v) is 12.3. The van der Waals surface area contributed by atoms with Crippen LogP contribution in [0.15, 0.2) is 0 Å². The molecule has 3 fully saturated rings. The van der Waals surface area contributed by atoms with E-state index >= 15 is 0 Å². The largest absolute Gasteiger partial charge is 0.394 e. The summed E-state index contributed by atoms with van der Waals surface area (Å²) < 4.78 is 32.2. The van der Waals surface area contributed by atoms with Crippen LogP contribution in [0.2, 0.25) is 0 Å². The second-order valence-corrected chi connectivity index (χ2v) is 9.48. The molecule has 0 aromatic rings. The van der Waals surface area contributed by atoms with Crippen LogP contribution in [0.4, 0.5) is 0 Å². The standard InChI is InChI=1S/C21H38O18/c22-1-6(26)5-34-19-15(32)17(11(28)8(3-24)35-19)39-21-16(33)18(12(29)9(4-25)37-21)38-20-14(31)13(30)10(27)7(2-23)36-20/h6-33H,1-5H2/t6-,7+,8+,9+,10+,11+,12+,13-,14+,15+,16+,17-,18-,19+,20-,21-/m0/s1. The van der Waals surface area contributed by atoms with Gasteiger partial charge in [0.1, 0.15) is 79.4 Å². The van der Waals surface area contributed by atoms with E-state index in [9.17, 15) is 56.2 Å². The van der Waals surface area contributed by atoms with Crippen molar-refractivity contribution in [3.63, 3.8) is 0 Å². The van der Waals surface area contributed by atoms with Gasteiger partial charge in [-0.2, -0.15) is 0 Å². The summed E-state index contributed by atoms with van der Waals surface area (Å²) in [5.41, 5.74) is 0. The Bertz CT molecular complexity index is 731. The number of rotatable bonds is 11. The molecule has 0 unspecified atom stereocenters. The summed E-state index contributed by atoms with van der Waals surface area (Å²) in [5.74, 6) is 0. The molecule has 12 N–H and O–H groups in total. The van der Waals surface area contributed by atoms with Gasteiger partial charge in [-0.05, 0) is 0 Å². The number of aliphatic hydroxyl groups excluding tert-OH is 12. The second-order valence-electron chi connectivity index (χ2n) is 9.48. The van der Waals surface area contributed by atoms with Gasteiger partial charge in [0.25, 0.3) is 0 Å². The first-order valence-electron chi connectivity index (χ1n) is 12.3. The molecule has 0 amide bonds. The van der Waals surface area contributed by atoms with E-state index in [4.69, 9.17) is 33.5 Å². The average molecular weight is 579 g/mol. The molecule has 3 saturated heterocycles. The molecule has 18 heteroatoms. The molecule has 3 heterocycles. The van der Waals surface area contributed by atoms with E-state index in [-0.39, 0.29) is 0 Å². The Hall–Kier alpha value is -0.720. The molecular formula is C21H38O18. The highest BCUT2D eigenvalue weighted by molar-refractivity contribution is 4.96. The Balaban J connectivity index is 1.78. The third kappa shape index (κ3) is 7.20. The van der Waals surface area contributed by atoms with Crippen LogP contribution in [0, 0.1) is 0 Å². The third-order valence-corrected chi connectivity index (χ3v) is 6.74. The van der Waals surface area contributed by atoms with Gasteiger partial charge in [0.15, 0.2) is 18.9 Å². The zero-order valence-corrected chi connectivity index (χ0v) is 20.6. The lowest BCUT2D eigenvalue weighted by atomic mass is 9.96. The lowest BCUT2D eigenvalue weighted by Crippen LogP contribution is -2.67. The molecule has 3 aliphatic heterocycles. The molecule has 230 valence electrons. The van der Waals surface area contributed by atoms with Gasteiger partial charge in [-0.1, -0.05) is 0 Å². The molecular weight excluding hydrogens is 540 g/mol. The van der Waals surface area contributed by atoms with Crippen molar-refractivity contribution in [3.05, 3.63) is 0 Å². The summed E-state index contributed by atoms with van der Waals surface area (Å²) in [6.07, 6.45) is -26.9. The van der Waals surface area contributed by atoms with Crippen molar-refractivity contribution < 1.29 is 89.7 Å². The Labute approximate surface area is 221 Å². The van der Waals surface area contributed by atoms with Crippen molar-refractivity contribution in [3.8, 4) is 0 Å². The van der Waals surface area contributed by atoms with E-state index in [0.29, 0.717) is 0 Å². The SMILES string of the molecule is OC[C@H](O)CO[C@@H]1O[C@H](CO)[C@@H](O)[C@H](O[C@@H]2O[C@H](CO)[C@@H](O)[C@H](O[C@@H]3O[C@H](CO)[C@@H](O)[C@H](O)[C@H]3O)[C@H]2O)[C@H]1O. The topological polar surface area (TPSA) is 298 Å². The highest BCUT2D eigenvalue weighted by atomic mass is 16.8. The number of aliphatic hydroxyl groups is 12. The van der Waals surface area contributed by atoms with Crippen LogP contribution in [0.5, 0.6) is 0 Å². The Morgan fingerprint density at radius 3 is 1.38 bits per heavy atom. The Morgan fingerprint density at radius 1 is 0.513 bits per heavy atom. The fourth-order valence-electron chi connectivity index (χ4n) is 4.43.